The summed E-state index contributed by atoms with van der Waals surface area (Å²) in [5.41, 5.74) is 3.51. The molecule has 0 aliphatic rings. The highest BCUT2D eigenvalue weighted by Gasteiger charge is 2.08. The largest absolute Gasteiger partial charge is 0.378 e. The van der Waals surface area contributed by atoms with E-state index in [1.807, 2.05) is 39.3 Å². The lowest BCUT2D eigenvalue weighted by Crippen LogP contribution is -2.37. The summed E-state index contributed by atoms with van der Waals surface area (Å²) in [5.74, 6) is 0. The van der Waals surface area contributed by atoms with Gasteiger partial charge < -0.3 is 15.1 Å². The van der Waals surface area contributed by atoms with Gasteiger partial charge in [-0.05, 0) is 29.7 Å². The SMILES string of the molecule is CN(Cc1ccc(N(C)C)cc1)C(=O)NCCc1ccccc1. The molecule has 122 valence electrons. The van der Waals surface area contributed by atoms with Crippen LogP contribution in [0.25, 0.3) is 0 Å². The molecule has 2 aromatic carbocycles. The average molecular weight is 311 g/mol. The molecular formula is C19H25N3O. The average Bonchev–Trinajstić information content (AvgIpc) is 2.56. The fourth-order valence-corrected chi connectivity index (χ4v) is 2.34. The first kappa shape index (κ1) is 16.9. The van der Waals surface area contributed by atoms with Crippen molar-refractivity contribution in [1.29, 1.82) is 0 Å². The number of hydrogen-bond donors (Lipinski definition) is 1. The van der Waals surface area contributed by atoms with Crippen molar-refractivity contribution in [2.45, 2.75) is 13.0 Å². The van der Waals surface area contributed by atoms with Gasteiger partial charge in [-0.3, -0.25) is 0 Å². The zero-order valence-corrected chi connectivity index (χ0v) is 14.1. The third kappa shape index (κ3) is 5.33. The van der Waals surface area contributed by atoms with Crippen molar-refractivity contribution in [2.75, 3.05) is 32.6 Å². The Morgan fingerprint density at radius 1 is 0.913 bits per heavy atom. The smallest absolute Gasteiger partial charge is 0.317 e. The van der Waals surface area contributed by atoms with E-state index in [0.717, 1.165) is 17.7 Å². The number of urea groups is 1. The second kappa shape index (κ2) is 8.22. The van der Waals surface area contributed by atoms with Gasteiger partial charge in [-0.2, -0.15) is 0 Å². The molecule has 0 saturated carbocycles. The Morgan fingerprint density at radius 3 is 2.17 bits per heavy atom. The van der Waals surface area contributed by atoms with Gasteiger partial charge in [0.05, 0.1) is 0 Å². The number of rotatable bonds is 6. The minimum atomic E-state index is -0.0439. The van der Waals surface area contributed by atoms with Crippen LogP contribution in [0.15, 0.2) is 54.6 Å². The zero-order chi connectivity index (χ0) is 16.7. The Labute approximate surface area is 138 Å². The molecule has 0 atom stereocenters. The van der Waals surface area contributed by atoms with Gasteiger partial charge in [0, 0.05) is 39.9 Å². The zero-order valence-electron chi connectivity index (χ0n) is 14.1. The van der Waals surface area contributed by atoms with Crippen LogP contribution >= 0.6 is 0 Å². The van der Waals surface area contributed by atoms with E-state index in [9.17, 15) is 4.79 Å². The van der Waals surface area contributed by atoms with Crippen LogP contribution in [0, 0.1) is 0 Å². The van der Waals surface area contributed by atoms with Gasteiger partial charge in [0.2, 0.25) is 0 Å². The molecule has 2 rings (SSSR count). The number of carbonyl (C=O) groups is 1. The van der Waals surface area contributed by atoms with Crippen LogP contribution < -0.4 is 10.2 Å². The summed E-state index contributed by atoms with van der Waals surface area (Å²) in [4.78, 5) is 15.9. The maximum atomic E-state index is 12.1. The quantitative estimate of drug-likeness (QED) is 0.889. The molecule has 0 heterocycles. The second-order valence-electron chi connectivity index (χ2n) is 5.88. The van der Waals surface area contributed by atoms with Gasteiger partial charge in [-0.15, -0.1) is 0 Å². The monoisotopic (exact) mass is 311 g/mol. The predicted octanol–water partition coefficient (Wildman–Crippen LogP) is 3.14. The number of hydrogen-bond acceptors (Lipinski definition) is 2. The van der Waals surface area contributed by atoms with Crippen molar-refractivity contribution < 1.29 is 4.79 Å². The molecular weight excluding hydrogens is 286 g/mol. The van der Waals surface area contributed by atoms with Gasteiger partial charge in [-0.1, -0.05) is 42.5 Å². The fourth-order valence-electron chi connectivity index (χ4n) is 2.34. The summed E-state index contributed by atoms with van der Waals surface area (Å²) in [6, 6.07) is 18.4. The Morgan fingerprint density at radius 2 is 1.57 bits per heavy atom. The molecule has 0 aliphatic heterocycles. The highest BCUT2D eigenvalue weighted by Crippen LogP contribution is 2.13. The molecule has 4 nitrogen and oxygen atoms in total. The number of nitrogens with zero attached hydrogens (tertiary/aromatic N) is 2. The summed E-state index contributed by atoms with van der Waals surface area (Å²) in [5, 5.41) is 2.96. The van der Waals surface area contributed by atoms with E-state index in [4.69, 9.17) is 0 Å². The van der Waals surface area contributed by atoms with Crippen molar-refractivity contribution in [2.24, 2.45) is 0 Å². The topological polar surface area (TPSA) is 35.6 Å². The van der Waals surface area contributed by atoms with E-state index < -0.39 is 0 Å². The van der Waals surface area contributed by atoms with Crippen LogP contribution in [0.3, 0.4) is 0 Å². The molecule has 4 heteroatoms. The Hall–Kier alpha value is -2.49. The molecule has 23 heavy (non-hydrogen) atoms. The number of nitrogens with one attached hydrogen (secondary N) is 1. The molecule has 0 aromatic heterocycles. The first-order valence-electron chi connectivity index (χ1n) is 7.85. The number of anilines is 1. The van der Waals surface area contributed by atoms with E-state index in [0.29, 0.717) is 13.1 Å². The first-order valence-corrected chi connectivity index (χ1v) is 7.85. The minimum Gasteiger partial charge on any atom is -0.378 e. The maximum Gasteiger partial charge on any atom is 0.317 e. The normalized spacial score (nSPS) is 10.2. The Kier molecular flexibility index (Phi) is 6.03. The van der Waals surface area contributed by atoms with E-state index >= 15 is 0 Å². The van der Waals surface area contributed by atoms with Crippen LogP contribution in [-0.4, -0.2) is 38.6 Å². The van der Waals surface area contributed by atoms with Gasteiger partial charge in [0.25, 0.3) is 0 Å². The number of amides is 2. The Balaban J connectivity index is 1.78. The fraction of sp³-hybridized carbons (Fsp3) is 0.316. The van der Waals surface area contributed by atoms with Crippen molar-refractivity contribution in [1.82, 2.24) is 10.2 Å². The summed E-state index contributed by atoms with van der Waals surface area (Å²) in [7, 11) is 5.85. The van der Waals surface area contributed by atoms with Crippen LogP contribution in [0.4, 0.5) is 10.5 Å². The third-order valence-electron chi connectivity index (χ3n) is 3.75. The highest BCUT2D eigenvalue weighted by atomic mass is 16.2. The summed E-state index contributed by atoms with van der Waals surface area (Å²) >= 11 is 0. The predicted molar refractivity (Wildman–Crippen MR) is 95.8 cm³/mol. The molecule has 2 amide bonds. The second-order valence-corrected chi connectivity index (χ2v) is 5.88. The van der Waals surface area contributed by atoms with Crippen molar-refractivity contribution in [3.8, 4) is 0 Å². The highest BCUT2D eigenvalue weighted by molar-refractivity contribution is 5.73. The first-order chi connectivity index (χ1) is 11.1. The number of carbonyl (C=O) groups excluding carboxylic acids is 1. The molecule has 0 spiro atoms. The van der Waals surface area contributed by atoms with Gasteiger partial charge in [0.1, 0.15) is 0 Å². The summed E-state index contributed by atoms with van der Waals surface area (Å²) in [6.45, 7) is 1.25. The molecule has 0 aliphatic carbocycles. The van der Waals surface area contributed by atoms with Crippen LogP contribution in [0.2, 0.25) is 0 Å². The lowest BCUT2D eigenvalue weighted by atomic mass is 10.1. The molecule has 0 saturated heterocycles. The van der Waals surface area contributed by atoms with Crippen LogP contribution in [0.5, 0.6) is 0 Å². The number of benzene rings is 2. The van der Waals surface area contributed by atoms with Crippen molar-refractivity contribution in [3.63, 3.8) is 0 Å². The standard InChI is InChI=1S/C19H25N3O/c1-21(2)18-11-9-17(10-12-18)15-22(3)19(23)20-14-13-16-7-5-4-6-8-16/h4-12H,13-15H2,1-3H3,(H,20,23). The molecule has 2 aromatic rings. The molecule has 0 radical (unpaired) electrons. The lowest BCUT2D eigenvalue weighted by molar-refractivity contribution is 0.207. The summed E-state index contributed by atoms with van der Waals surface area (Å²) in [6.07, 6.45) is 0.845. The Bertz CT molecular complexity index is 608. The van der Waals surface area contributed by atoms with E-state index in [1.165, 1.54) is 5.56 Å². The lowest BCUT2D eigenvalue weighted by Gasteiger charge is -2.19. The van der Waals surface area contributed by atoms with Crippen molar-refractivity contribution in [3.05, 3.63) is 65.7 Å². The van der Waals surface area contributed by atoms with E-state index in [-0.39, 0.29) is 6.03 Å². The minimum absolute atomic E-state index is 0.0439. The molecule has 0 unspecified atom stereocenters. The van der Waals surface area contributed by atoms with Crippen LogP contribution in [-0.2, 0) is 13.0 Å². The van der Waals surface area contributed by atoms with Crippen LogP contribution in [0.1, 0.15) is 11.1 Å². The third-order valence-corrected chi connectivity index (χ3v) is 3.75. The molecule has 1 N–H and O–H groups in total. The van der Waals surface area contributed by atoms with Gasteiger partial charge in [-0.25, -0.2) is 4.79 Å². The van der Waals surface area contributed by atoms with E-state index in [2.05, 4.69) is 46.6 Å². The van der Waals surface area contributed by atoms with E-state index in [1.54, 1.807) is 4.90 Å². The maximum absolute atomic E-state index is 12.1. The van der Waals surface area contributed by atoms with Gasteiger partial charge >= 0.3 is 6.03 Å². The molecule has 0 bridgehead atoms. The van der Waals surface area contributed by atoms with Crippen molar-refractivity contribution >= 4 is 11.7 Å². The summed E-state index contributed by atoms with van der Waals surface area (Å²) < 4.78 is 0. The molecule has 0 fully saturated rings. The van der Waals surface area contributed by atoms with Gasteiger partial charge in [0.15, 0.2) is 0 Å².